The van der Waals surface area contributed by atoms with E-state index in [4.69, 9.17) is 11.6 Å². The third kappa shape index (κ3) is 6.71. The van der Waals surface area contributed by atoms with Crippen molar-refractivity contribution in [3.05, 3.63) is 58.6 Å². The molecule has 0 radical (unpaired) electrons. The molecule has 1 heterocycles. The highest BCUT2D eigenvalue weighted by atomic mass is 35.5. The summed E-state index contributed by atoms with van der Waals surface area (Å²) < 4.78 is 28.4. The van der Waals surface area contributed by atoms with Gasteiger partial charge < -0.3 is 10.2 Å². The maximum Gasteiger partial charge on any atom is 0.261 e. The van der Waals surface area contributed by atoms with E-state index >= 15 is 0 Å². The van der Waals surface area contributed by atoms with Gasteiger partial charge in [0.25, 0.3) is 15.9 Å². The van der Waals surface area contributed by atoms with Gasteiger partial charge in [-0.25, -0.2) is 8.42 Å². The first-order chi connectivity index (χ1) is 15.7. The summed E-state index contributed by atoms with van der Waals surface area (Å²) in [4.78, 5) is 26.0. The summed E-state index contributed by atoms with van der Waals surface area (Å²) in [7, 11) is -3.90. The van der Waals surface area contributed by atoms with Crippen molar-refractivity contribution in [1.29, 1.82) is 0 Å². The smallest absolute Gasteiger partial charge is 0.261 e. The first-order valence-corrected chi connectivity index (χ1v) is 13.0. The molecule has 2 amide bonds. The van der Waals surface area contributed by atoms with Crippen molar-refractivity contribution < 1.29 is 18.0 Å². The average molecular weight is 492 g/mol. The van der Waals surface area contributed by atoms with Crippen LogP contribution in [0.1, 0.15) is 55.5 Å². The van der Waals surface area contributed by atoms with Crippen molar-refractivity contribution in [2.24, 2.45) is 0 Å². The topological polar surface area (TPSA) is 95.6 Å². The SMILES string of the molecule is CCCCc1ccc(NS(=O)(=O)c2ccc(Cl)c(C(=O)NC3CCN(C(C)=O)CC3)c2)cc1. The minimum Gasteiger partial charge on any atom is -0.349 e. The maximum absolute atomic E-state index is 12.9. The molecule has 0 bridgehead atoms. The van der Waals surface area contributed by atoms with Gasteiger partial charge in [0.2, 0.25) is 5.91 Å². The zero-order chi connectivity index (χ0) is 24.0. The fourth-order valence-corrected chi connectivity index (χ4v) is 5.07. The molecular formula is C24H30ClN3O4S. The number of nitrogens with zero attached hydrogens (tertiary/aromatic N) is 1. The number of sulfonamides is 1. The zero-order valence-corrected chi connectivity index (χ0v) is 20.5. The van der Waals surface area contributed by atoms with Crippen molar-refractivity contribution in [2.75, 3.05) is 17.8 Å². The van der Waals surface area contributed by atoms with Gasteiger partial charge in [0.15, 0.2) is 0 Å². The number of amides is 2. The number of piperidine rings is 1. The Morgan fingerprint density at radius 1 is 1.09 bits per heavy atom. The van der Waals surface area contributed by atoms with Crippen LogP contribution in [0.15, 0.2) is 47.4 Å². The molecule has 1 aliphatic heterocycles. The quantitative estimate of drug-likeness (QED) is 0.577. The van der Waals surface area contributed by atoms with E-state index in [1.807, 2.05) is 12.1 Å². The van der Waals surface area contributed by atoms with E-state index in [1.54, 1.807) is 17.0 Å². The highest BCUT2D eigenvalue weighted by molar-refractivity contribution is 7.92. The van der Waals surface area contributed by atoms with Crippen LogP contribution < -0.4 is 10.0 Å². The molecule has 178 valence electrons. The lowest BCUT2D eigenvalue weighted by molar-refractivity contribution is -0.129. The third-order valence-corrected chi connectivity index (χ3v) is 7.50. The molecule has 3 rings (SSSR count). The molecule has 9 heteroatoms. The van der Waals surface area contributed by atoms with Gasteiger partial charge in [-0.3, -0.25) is 14.3 Å². The van der Waals surface area contributed by atoms with E-state index in [-0.39, 0.29) is 27.4 Å². The second-order valence-corrected chi connectivity index (χ2v) is 10.4. The van der Waals surface area contributed by atoms with E-state index in [0.29, 0.717) is 31.6 Å². The molecule has 0 spiro atoms. The van der Waals surface area contributed by atoms with Crippen LogP contribution in [0, 0.1) is 0 Å². The van der Waals surface area contributed by atoms with Crippen molar-refractivity contribution in [3.63, 3.8) is 0 Å². The van der Waals surface area contributed by atoms with Gasteiger partial charge >= 0.3 is 0 Å². The Hall–Kier alpha value is -2.58. The number of nitrogens with one attached hydrogen (secondary N) is 2. The number of anilines is 1. The molecule has 7 nitrogen and oxygen atoms in total. The predicted molar refractivity (Wildman–Crippen MR) is 130 cm³/mol. The zero-order valence-electron chi connectivity index (χ0n) is 18.9. The van der Waals surface area contributed by atoms with Crippen LogP contribution >= 0.6 is 11.6 Å². The Balaban J connectivity index is 1.69. The molecule has 0 aliphatic carbocycles. The molecule has 0 unspecified atom stereocenters. The molecule has 1 fully saturated rings. The molecule has 1 aliphatic rings. The number of aryl methyl sites for hydroxylation is 1. The maximum atomic E-state index is 12.9. The normalized spacial score (nSPS) is 14.7. The highest BCUT2D eigenvalue weighted by Gasteiger charge is 2.24. The van der Waals surface area contributed by atoms with Crippen LogP contribution in [-0.2, 0) is 21.2 Å². The van der Waals surface area contributed by atoms with Crippen LogP contribution in [0.2, 0.25) is 5.02 Å². The summed E-state index contributed by atoms with van der Waals surface area (Å²) in [5.41, 5.74) is 1.70. The number of benzene rings is 2. The number of likely N-dealkylation sites (tertiary alicyclic amines) is 1. The largest absolute Gasteiger partial charge is 0.349 e. The summed E-state index contributed by atoms with van der Waals surface area (Å²) in [5.74, 6) is -0.414. The number of rotatable bonds is 8. The first kappa shape index (κ1) is 25.1. The average Bonchev–Trinajstić information content (AvgIpc) is 2.79. The van der Waals surface area contributed by atoms with Crippen LogP contribution in [0.3, 0.4) is 0 Å². The summed E-state index contributed by atoms with van der Waals surface area (Å²) in [6.07, 6.45) is 4.40. The van der Waals surface area contributed by atoms with E-state index in [2.05, 4.69) is 17.0 Å². The second-order valence-electron chi connectivity index (χ2n) is 8.30. The van der Waals surface area contributed by atoms with Gasteiger partial charge in [-0.2, -0.15) is 0 Å². The summed E-state index contributed by atoms with van der Waals surface area (Å²) in [5, 5.41) is 3.08. The number of halogens is 1. The van der Waals surface area contributed by atoms with E-state index in [1.165, 1.54) is 25.1 Å². The van der Waals surface area contributed by atoms with Crippen LogP contribution in [0.5, 0.6) is 0 Å². The fourth-order valence-electron chi connectivity index (χ4n) is 3.78. The summed E-state index contributed by atoms with van der Waals surface area (Å²) in [6.45, 7) is 4.80. The molecule has 2 aromatic rings. The number of carbonyl (C=O) groups is 2. The van der Waals surface area contributed by atoms with Gasteiger partial charge in [-0.05, 0) is 61.6 Å². The number of carbonyl (C=O) groups excluding carboxylic acids is 2. The van der Waals surface area contributed by atoms with Crippen LogP contribution in [0.25, 0.3) is 0 Å². The van der Waals surface area contributed by atoms with E-state index in [0.717, 1.165) is 24.8 Å². The summed E-state index contributed by atoms with van der Waals surface area (Å²) >= 11 is 6.21. The lowest BCUT2D eigenvalue weighted by Gasteiger charge is -2.31. The van der Waals surface area contributed by atoms with Gasteiger partial charge in [-0.15, -0.1) is 0 Å². The van der Waals surface area contributed by atoms with Crippen molar-refractivity contribution in [2.45, 2.75) is 56.9 Å². The van der Waals surface area contributed by atoms with Gasteiger partial charge in [-0.1, -0.05) is 37.1 Å². The number of unbranched alkanes of at least 4 members (excludes halogenated alkanes) is 1. The lowest BCUT2D eigenvalue weighted by Crippen LogP contribution is -2.46. The van der Waals surface area contributed by atoms with Crippen LogP contribution in [-0.4, -0.2) is 44.3 Å². The Labute approximate surface area is 200 Å². The molecule has 0 aromatic heterocycles. The second kappa shape index (κ2) is 11.0. The molecule has 33 heavy (non-hydrogen) atoms. The fraction of sp³-hybridized carbons (Fsp3) is 0.417. The Bertz CT molecular complexity index is 1100. The van der Waals surface area contributed by atoms with Crippen LogP contribution in [0.4, 0.5) is 5.69 Å². The molecule has 0 atom stereocenters. The first-order valence-electron chi connectivity index (χ1n) is 11.2. The standard InChI is InChI=1S/C24H30ClN3O4S/c1-3-4-5-18-6-8-20(9-7-18)27-33(31,32)21-10-11-23(25)22(16-21)24(30)26-19-12-14-28(15-13-19)17(2)29/h6-11,16,19,27H,3-5,12-15H2,1-2H3,(H,26,30). The van der Waals surface area contributed by atoms with Crippen molar-refractivity contribution >= 4 is 39.1 Å². The van der Waals surface area contributed by atoms with Gasteiger partial charge in [0.1, 0.15) is 0 Å². The Morgan fingerprint density at radius 3 is 2.36 bits per heavy atom. The molecule has 2 N–H and O–H groups in total. The Kier molecular flexibility index (Phi) is 8.37. The minimum absolute atomic E-state index is 0.0174. The molecule has 1 saturated heterocycles. The van der Waals surface area contributed by atoms with Gasteiger partial charge in [0, 0.05) is 31.7 Å². The minimum atomic E-state index is -3.90. The molecule has 2 aromatic carbocycles. The van der Waals surface area contributed by atoms with Crippen molar-refractivity contribution in [1.82, 2.24) is 10.2 Å². The molecule has 0 saturated carbocycles. The predicted octanol–water partition coefficient (Wildman–Crippen LogP) is 4.22. The number of hydrogen-bond acceptors (Lipinski definition) is 4. The third-order valence-electron chi connectivity index (χ3n) is 5.79. The van der Waals surface area contributed by atoms with E-state index < -0.39 is 15.9 Å². The monoisotopic (exact) mass is 491 g/mol. The number of hydrogen-bond donors (Lipinski definition) is 2. The molecular weight excluding hydrogens is 462 g/mol. The Morgan fingerprint density at radius 2 is 1.76 bits per heavy atom. The van der Waals surface area contributed by atoms with Gasteiger partial charge in [0.05, 0.1) is 15.5 Å². The summed E-state index contributed by atoms with van der Waals surface area (Å²) in [6, 6.07) is 11.3. The lowest BCUT2D eigenvalue weighted by atomic mass is 10.0. The van der Waals surface area contributed by atoms with Crippen molar-refractivity contribution in [3.8, 4) is 0 Å². The van der Waals surface area contributed by atoms with E-state index in [9.17, 15) is 18.0 Å². The highest BCUT2D eigenvalue weighted by Crippen LogP contribution is 2.24.